The van der Waals surface area contributed by atoms with Gasteiger partial charge in [-0.15, -0.1) is 0 Å². The van der Waals surface area contributed by atoms with Crippen molar-refractivity contribution in [3.8, 4) is 0 Å². The molecule has 1 aromatic carbocycles. The number of likely N-dealkylation sites (tertiary alicyclic amines) is 1. The minimum Gasteiger partial charge on any atom is -0.326 e. The van der Waals surface area contributed by atoms with E-state index in [-0.39, 0.29) is 5.91 Å². The van der Waals surface area contributed by atoms with Gasteiger partial charge in [0.15, 0.2) is 0 Å². The molecule has 1 amide bonds. The van der Waals surface area contributed by atoms with Gasteiger partial charge in [-0.2, -0.15) is 0 Å². The Morgan fingerprint density at radius 2 is 2.10 bits per heavy atom. The standard InChI is InChI=1S/C17H24N2O/c1-13(20)18-16-8-7-14-5-6-15(17(14)11-16)12-19-9-3-2-4-10-19/h7-8,11,15H,2-6,9-10,12H2,1H3,(H,18,20). The minimum atomic E-state index is 0.00975. The summed E-state index contributed by atoms with van der Waals surface area (Å²) in [6.07, 6.45) is 6.55. The first-order valence-electron chi connectivity index (χ1n) is 7.85. The molecule has 1 N–H and O–H groups in total. The van der Waals surface area contributed by atoms with Crippen molar-refractivity contribution >= 4 is 11.6 Å². The van der Waals surface area contributed by atoms with E-state index in [9.17, 15) is 4.79 Å². The van der Waals surface area contributed by atoms with Gasteiger partial charge in [0.25, 0.3) is 0 Å². The highest BCUT2D eigenvalue weighted by molar-refractivity contribution is 5.88. The van der Waals surface area contributed by atoms with Crippen molar-refractivity contribution in [1.82, 2.24) is 4.90 Å². The van der Waals surface area contributed by atoms with Crippen LogP contribution in [0.1, 0.15) is 49.7 Å². The second-order valence-electron chi connectivity index (χ2n) is 6.19. The summed E-state index contributed by atoms with van der Waals surface area (Å²) in [6.45, 7) is 5.28. The van der Waals surface area contributed by atoms with Crippen molar-refractivity contribution in [1.29, 1.82) is 0 Å². The first kappa shape index (κ1) is 13.6. The monoisotopic (exact) mass is 272 g/mol. The van der Waals surface area contributed by atoms with Gasteiger partial charge >= 0.3 is 0 Å². The Labute approximate surface area is 121 Å². The Morgan fingerprint density at radius 1 is 1.30 bits per heavy atom. The van der Waals surface area contributed by atoms with Crippen LogP contribution in [0.4, 0.5) is 5.69 Å². The average Bonchev–Trinajstić information content (AvgIpc) is 2.82. The third-order valence-corrected chi connectivity index (χ3v) is 4.60. The van der Waals surface area contributed by atoms with Crippen molar-refractivity contribution in [2.45, 2.75) is 44.9 Å². The minimum absolute atomic E-state index is 0.00975. The van der Waals surface area contributed by atoms with Crippen LogP contribution in [-0.2, 0) is 11.2 Å². The first-order valence-corrected chi connectivity index (χ1v) is 7.85. The number of nitrogens with zero attached hydrogens (tertiary/aromatic N) is 1. The van der Waals surface area contributed by atoms with Crippen molar-refractivity contribution in [2.24, 2.45) is 0 Å². The smallest absolute Gasteiger partial charge is 0.221 e. The third kappa shape index (κ3) is 3.04. The maximum Gasteiger partial charge on any atom is 0.221 e. The van der Waals surface area contributed by atoms with E-state index in [1.54, 1.807) is 6.92 Å². The summed E-state index contributed by atoms with van der Waals surface area (Å²) >= 11 is 0. The lowest BCUT2D eigenvalue weighted by atomic mass is 9.99. The van der Waals surface area contributed by atoms with Crippen LogP contribution in [0.25, 0.3) is 0 Å². The number of hydrogen-bond acceptors (Lipinski definition) is 2. The fourth-order valence-electron chi connectivity index (χ4n) is 3.61. The van der Waals surface area contributed by atoms with Gasteiger partial charge in [-0.05, 0) is 68.0 Å². The molecule has 1 unspecified atom stereocenters. The Balaban J connectivity index is 1.72. The van der Waals surface area contributed by atoms with Crippen LogP contribution in [0.15, 0.2) is 18.2 Å². The number of hydrogen-bond donors (Lipinski definition) is 1. The molecule has 0 bridgehead atoms. The molecule has 0 aromatic heterocycles. The molecule has 3 heteroatoms. The molecule has 0 radical (unpaired) electrons. The summed E-state index contributed by atoms with van der Waals surface area (Å²) in [5.74, 6) is 0.660. The molecule has 0 saturated carbocycles. The fourth-order valence-corrected chi connectivity index (χ4v) is 3.61. The zero-order chi connectivity index (χ0) is 13.9. The topological polar surface area (TPSA) is 32.3 Å². The molecule has 1 saturated heterocycles. The van der Waals surface area contributed by atoms with Crippen LogP contribution >= 0.6 is 0 Å². The van der Waals surface area contributed by atoms with Crippen LogP contribution in [0, 0.1) is 0 Å². The quantitative estimate of drug-likeness (QED) is 0.916. The number of nitrogens with one attached hydrogen (secondary N) is 1. The Hall–Kier alpha value is -1.35. The molecule has 1 heterocycles. The molecule has 1 aromatic rings. The van der Waals surface area contributed by atoms with Crippen LogP contribution in [0.5, 0.6) is 0 Å². The molecule has 20 heavy (non-hydrogen) atoms. The highest BCUT2D eigenvalue weighted by Crippen LogP contribution is 2.35. The summed E-state index contributed by atoms with van der Waals surface area (Å²) in [7, 11) is 0. The lowest BCUT2D eigenvalue weighted by molar-refractivity contribution is -0.114. The van der Waals surface area contributed by atoms with Crippen LogP contribution in [0.2, 0.25) is 0 Å². The van der Waals surface area contributed by atoms with Gasteiger partial charge in [-0.3, -0.25) is 4.79 Å². The van der Waals surface area contributed by atoms with Gasteiger partial charge in [0.05, 0.1) is 0 Å². The summed E-state index contributed by atoms with van der Waals surface area (Å²) < 4.78 is 0. The molecule has 2 aliphatic rings. The molecule has 3 rings (SSSR count). The number of anilines is 1. The first-order chi connectivity index (χ1) is 9.72. The van der Waals surface area contributed by atoms with Crippen LogP contribution in [-0.4, -0.2) is 30.4 Å². The Kier molecular flexibility index (Phi) is 4.06. The van der Waals surface area contributed by atoms with Gasteiger partial charge in [0.1, 0.15) is 0 Å². The molecule has 108 valence electrons. The van der Waals surface area contributed by atoms with Gasteiger partial charge < -0.3 is 10.2 Å². The van der Waals surface area contributed by atoms with E-state index in [0.29, 0.717) is 5.92 Å². The van der Waals surface area contributed by atoms with Crippen molar-refractivity contribution in [2.75, 3.05) is 25.0 Å². The van der Waals surface area contributed by atoms with E-state index in [0.717, 1.165) is 5.69 Å². The number of piperidine rings is 1. The van der Waals surface area contributed by atoms with Gasteiger partial charge in [-0.25, -0.2) is 0 Å². The van der Waals surface area contributed by atoms with Gasteiger partial charge in [-0.1, -0.05) is 12.5 Å². The van der Waals surface area contributed by atoms with Crippen molar-refractivity contribution in [3.63, 3.8) is 0 Å². The highest BCUT2D eigenvalue weighted by atomic mass is 16.1. The van der Waals surface area contributed by atoms with Gasteiger partial charge in [0, 0.05) is 19.2 Å². The molecule has 1 atom stereocenters. The molecule has 0 spiro atoms. The van der Waals surface area contributed by atoms with E-state index in [1.807, 2.05) is 6.07 Å². The summed E-state index contributed by atoms with van der Waals surface area (Å²) in [5, 5.41) is 2.91. The van der Waals surface area contributed by atoms with E-state index < -0.39 is 0 Å². The SMILES string of the molecule is CC(=O)Nc1ccc2c(c1)C(CN1CCCCC1)CC2. The molecule has 1 aliphatic heterocycles. The summed E-state index contributed by atoms with van der Waals surface area (Å²) in [6, 6.07) is 6.42. The average molecular weight is 272 g/mol. The number of aryl methyl sites for hydroxylation is 1. The zero-order valence-corrected chi connectivity index (χ0v) is 12.3. The largest absolute Gasteiger partial charge is 0.326 e. The molecule has 1 aliphatic carbocycles. The van der Waals surface area contributed by atoms with E-state index in [2.05, 4.69) is 22.3 Å². The maximum atomic E-state index is 11.2. The van der Waals surface area contributed by atoms with E-state index in [1.165, 1.54) is 62.9 Å². The fraction of sp³-hybridized carbons (Fsp3) is 0.588. The number of amides is 1. The maximum absolute atomic E-state index is 11.2. The number of fused-ring (bicyclic) bond motifs is 1. The van der Waals surface area contributed by atoms with Crippen molar-refractivity contribution in [3.05, 3.63) is 29.3 Å². The summed E-state index contributed by atoms with van der Waals surface area (Å²) in [4.78, 5) is 13.8. The lowest BCUT2D eigenvalue weighted by Crippen LogP contribution is -2.33. The predicted octanol–water partition coefficient (Wildman–Crippen LogP) is 3.16. The normalized spacial score (nSPS) is 22.6. The number of rotatable bonds is 3. The van der Waals surface area contributed by atoms with Crippen LogP contribution in [0.3, 0.4) is 0 Å². The second kappa shape index (κ2) is 5.96. The Bertz CT molecular complexity index is 492. The van der Waals surface area contributed by atoms with Crippen LogP contribution < -0.4 is 5.32 Å². The van der Waals surface area contributed by atoms with Crippen molar-refractivity contribution < 1.29 is 4.79 Å². The second-order valence-corrected chi connectivity index (χ2v) is 6.19. The molecule has 1 fully saturated rings. The summed E-state index contributed by atoms with van der Waals surface area (Å²) in [5.41, 5.74) is 3.88. The Morgan fingerprint density at radius 3 is 2.85 bits per heavy atom. The molecular formula is C17H24N2O. The number of carbonyl (C=O) groups excluding carboxylic acids is 1. The number of benzene rings is 1. The molecular weight excluding hydrogens is 248 g/mol. The zero-order valence-electron chi connectivity index (χ0n) is 12.3. The predicted molar refractivity (Wildman–Crippen MR) is 82.1 cm³/mol. The van der Waals surface area contributed by atoms with E-state index in [4.69, 9.17) is 0 Å². The third-order valence-electron chi connectivity index (χ3n) is 4.60. The van der Waals surface area contributed by atoms with Gasteiger partial charge in [0.2, 0.25) is 5.91 Å². The molecule has 3 nitrogen and oxygen atoms in total. The highest BCUT2D eigenvalue weighted by Gasteiger charge is 2.25. The lowest BCUT2D eigenvalue weighted by Gasteiger charge is -2.29. The number of carbonyl (C=O) groups is 1. The van der Waals surface area contributed by atoms with E-state index >= 15 is 0 Å².